The SMILES string of the molecule is CC(N)CCC(=O)Nc1ccc(N2CCOCC2)cn1.Cl.Cl. The van der Waals surface area contributed by atoms with Gasteiger partial charge < -0.3 is 20.7 Å². The molecule has 1 amide bonds. The molecule has 0 saturated carbocycles. The third-order valence-corrected chi connectivity index (χ3v) is 3.22. The molecule has 22 heavy (non-hydrogen) atoms. The van der Waals surface area contributed by atoms with Gasteiger partial charge >= 0.3 is 0 Å². The Labute approximate surface area is 143 Å². The molecule has 8 heteroatoms. The fourth-order valence-corrected chi connectivity index (χ4v) is 2.03. The van der Waals surface area contributed by atoms with Crippen LogP contribution in [-0.4, -0.2) is 43.2 Å². The van der Waals surface area contributed by atoms with Crippen molar-refractivity contribution >= 4 is 42.2 Å². The number of morpholine rings is 1. The molecule has 1 aromatic rings. The number of hydrogen-bond donors (Lipinski definition) is 2. The van der Waals surface area contributed by atoms with Crippen molar-refractivity contribution in [3.63, 3.8) is 0 Å². The zero-order chi connectivity index (χ0) is 14.4. The van der Waals surface area contributed by atoms with Gasteiger partial charge in [0.25, 0.3) is 0 Å². The summed E-state index contributed by atoms with van der Waals surface area (Å²) in [5.74, 6) is 0.533. The van der Waals surface area contributed by atoms with Crippen LogP contribution in [0.5, 0.6) is 0 Å². The standard InChI is InChI=1S/C14H22N4O2.2ClH/c1-11(15)2-5-14(19)17-13-4-3-12(10-16-13)18-6-8-20-9-7-18;;/h3-4,10-11H,2,5-9,15H2,1H3,(H,16,17,19);2*1H. The van der Waals surface area contributed by atoms with Gasteiger partial charge in [-0.25, -0.2) is 4.98 Å². The van der Waals surface area contributed by atoms with E-state index in [1.54, 1.807) is 6.20 Å². The van der Waals surface area contributed by atoms with E-state index in [1.807, 2.05) is 19.1 Å². The number of hydrogen-bond acceptors (Lipinski definition) is 5. The van der Waals surface area contributed by atoms with Gasteiger partial charge in [0.15, 0.2) is 0 Å². The Hall–Kier alpha value is -1.08. The van der Waals surface area contributed by atoms with E-state index in [2.05, 4.69) is 15.2 Å². The maximum atomic E-state index is 11.7. The van der Waals surface area contributed by atoms with Gasteiger partial charge in [0.1, 0.15) is 5.82 Å². The molecule has 0 spiro atoms. The number of aromatic nitrogens is 1. The van der Waals surface area contributed by atoms with E-state index >= 15 is 0 Å². The van der Waals surface area contributed by atoms with Crippen molar-refractivity contribution < 1.29 is 9.53 Å². The highest BCUT2D eigenvalue weighted by atomic mass is 35.5. The molecule has 0 aliphatic carbocycles. The number of rotatable bonds is 5. The van der Waals surface area contributed by atoms with E-state index in [0.29, 0.717) is 18.7 Å². The maximum Gasteiger partial charge on any atom is 0.225 e. The predicted molar refractivity (Wildman–Crippen MR) is 93.3 cm³/mol. The minimum atomic E-state index is -0.0473. The lowest BCUT2D eigenvalue weighted by atomic mass is 10.2. The van der Waals surface area contributed by atoms with E-state index in [0.717, 1.165) is 32.0 Å². The molecule has 1 aliphatic heterocycles. The predicted octanol–water partition coefficient (Wildman–Crippen LogP) is 1.83. The van der Waals surface area contributed by atoms with Crippen LogP contribution in [0.25, 0.3) is 0 Å². The molecular weight excluding hydrogens is 327 g/mol. The first kappa shape index (κ1) is 20.9. The van der Waals surface area contributed by atoms with E-state index in [-0.39, 0.29) is 36.8 Å². The van der Waals surface area contributed by atoms with Crippen molar-refractivity contribution in [1.82, 2.24) is 4.98 Å². The number of nitrogens with one attached hydrogen (secondary N) is 1. The Morgan fingerprint density at radius 1 is 1.41 bits per heavy atom. The van der Waals surface area contributed by atoms with E-state index < -0.39 is 0 Å². The normalized spacial score (nSPS) is 15.3. The van der Waals surface area contributed by atoms with Crippen LogP contribution < -0.4 is 16.0 Å². The number of nitrogens with two attached hydrogens (primary N) is 1. The number of halogens is 2. The van der Waals surface area contributed by atoms with Crippen molar-refractivity contribution in [2.24, 2.45) is 5.73 Å². The number of anilines is 2. The van der Waals surface area contributed by atoms with Crippen molar-refractivity contribution in [3.8, 4) is 0 Å². The molecule has 0 bridgehead atoms. The van der Waals surface area contributed by atoms with Crippen molar-refractivity contribution in [3.05, 3.63) is 18.3 Å². The number of amides is 1. The molecule has 1 aromatic heterocycles. The molecule has 1 atom stereocenters. The van der Waals surface area contributed by atoms with Gasteiger partial charge in [0, 0.05) is 25.6 Å². The first-order valence-corrected chi connectivity index (χ1v) is 6.99. The van der Waals surface area contributed by atoms with Crippen LogP contribution in [0, 0.1) is 0 Å². The summed E-state index contributed by atoms with van der Waals surface area (Å²) in [5.41, 5.74) is 6.68. The number of ether oxygens (including phenoxy) is 1. The second kappa shape index (κ2) is 10.6. The lowest BCUT2D eigenvalue weighted by Gasteiger charge is -2.28. The molecule has 2 rings (SSSR count). The minimum absolute atomic E-state index is 0. The fraction of sp³-hybridized carbons (Fsp3) is 0.571. The highest BCUT2D eigenvalue weighted by Gasteiger charge is 2.11. The third kappa shape index (κ3) is 6.79. The van der Waals surface area contributed by atoms with Crippen molar-refractivity contribution in [1.29, 1.82) is 0 Å². The number of nitrogens with zero attached hydrogens (tertiary/aromatic N) is 2. The Balaban J connectivity index is 0.00000220. The van der Waals surface area contributed by atoms with E-state index in [4.69, 9.17) is 10.5 Å². The van der Waals surface area contributed by atoms with Crippen LogP contribution in [-0.2, 0) is 9.53 Å². The fourth-order valence-electron chi connectivity index (χ4n) is 2.03. The summed E-state index contributed by atoms with van der Waals surface area (Å²) < 4.78 is 5.31. The minimum Gasteiger partial charge on any atom is -0.378 e. The summed E-state index contributed by atoms with van der Waals surface area (Å²) in [5, 5.41) is 2.78. The lowest BCUT2D eigenvalue weighted by molar-refractivity contribution is -0.116. The molecule has 1 saturated heterocycles. The number of pyridine rings is 1. The second-order valence-electron chi connectivity index (χ2n) is 5.07. The number of carbonyl (C=O) groups excluding carboxylic acids is 1. The summed E-state index contributed by atoms with van der Waals surface area (Å²) in [6.07, 6.45) is 2.88. The summed E-state index contributed by atoms with van der Waals surface area (Å²) in [6.45, 7) is 5.14. The summed E-state index contributed by atoms with van der Waals surface area (Å²) >= 11 is 0. The topological polar surface area (TPSA) is 80.5 Å². The summed E-state index contributed by atoms with van der Waals surface area (Å²) in [4.78, 5) is 18.2. The Bertz CT molecular complexity index is 437. The molecule has 3 N–H and O–H groups in total. The first-order chi connectivity index (χ1) is 9.65. The van der Waals surface area contributed by atoms with Crippen LogP contribution >= 0.6 is 24.8 Å². The Morgan fingerprint density at radius 2 is 2.09 bits per heavy atom. The molecule has 0 aromatic carbocycles. The lowest BCUT2D eigenvalue weighted by Crippen LogP contribution is -2.36. The van der Waals surface area contributed by atoms with Crippen LogP contribution in [0.3, 0.4) is 0 Å². The highest BCUT2D eigenvalue weighted by Crippen LogP contribution is 2.16. The van der Waals surface area contributed by atoms with Gasteiger partial charge in [-0.15, -0.1) is 24.8 Å². The maximum absolute atomic E-state index is 11.7. The zero-order valence-corrected chi connectivity index (χ0v) is 14.3. The molecule has 126 valence electrons. The third-order valence-electron chi connectivity index (χ3n) is 3.22. The molecular formula is C14H24Cl2N4O2. The molecule has 0 radical (unpaired) electrons. The summed E-state index contributed by atoms with van der Waals surface area (Å²) in [7, 11) is 0. The summed E-state index contributed by atoms with van der Waals surface area (Å²) in [6, 6.07) is 3.84. The van der Waals surface area contributed by atoms with E-state index in [9.17, 15) is 4.79 Å². The van der Waals surface area contributed by atoms with Gasteiger partial charge in [-0.1, -0.05) is 0 Å². The van der Waals surface area contributed by atoms with Crippen molar-refractivity contribution in [2.45, 2.75) is 25.8 Å². The Kier molecular flexibility index (Phi) is 10.1. The van der Waals surface area contributed by atoms with Crippen LogP contribution in [0.2, 0.25) is 0 Å². The van der Waals surface area contributed by atoms with Crippen LogP contribution in [0.4, 0.5) is 11.5 Å². The van der Waals surface area contributed by atoms with Gasteiger partial charge in [0.05, 0.1) is 25.1 Å². The quantitative estimate of drug-likeness (QED) is 0.846. The number of carbonyl (C=O) groups is 1. The van der Waals surface area contributed by atoms with Gasteiger partial charge in [-0.3, -0.25) is 4.79 Å². The van der Waals surface area contributed by atoms with Crippen LogP contribution in [0.15, 0.2) is 18.3 Å². The molecule has 1 aliphatic rings. The average Bonchev–Trinajstić information content (AvgIpc) is 2.47. The van der Waals surface area contributed by atoms with Gasteiger partial charge in [-0.2, -0.15) is 0 Å². The Morgan fingerprint density at radius 3 is 2.64 bits per heavy atom. The molecule has 2 heterocycles. The smallest absolute Gasteiger partial charge is 0.225 e. The molecule has 1 unspecified atom stereocenters. The first-order valence-electron chi connectivity index (χ1n) is 6.99. The second-order valence-corrected chi connectivity index (χ2v) is 5.07. The van der Waals surface area contributed by atoms with Gasteiger partial charge in [0.2, 0.25) is 5.91 Å². The monoisotopic (exact) mass is 350 g/mol. The molecule has 6 nitrogen and oxygen atoms in total. The molecule has 1 fully saturated rings. The average molecular weight is 351 g/mol. The largest absolute Gasteiger partial charge is 0.378 e. The highest BCUT2D eigenvalue weighted by molar-refractivity contribution is 5.89. The van der Waals surface area contributed by atoms with Gasteiger partial charge in [-0.05, 0) is 25.5 Å². The van der Waals surface area contributed by atoms with Crippen molar-refractivity contribution in [2.75, 3.05) is 36.5 Å². The van der Waals surface area contributed by atoms with Crippen LogP contribution in [0.1, 0.15) is 19.8 Å². The zero-order valence-electron chi connectivity index (χ0n) is 12.7. The van der Waals surface area contributed by atoms with E-state index in [1.165, 1.54) is 0 Å².